The van der Waals surface area contributed by atoms with Crippen molar-refractivity contribution in [2.24, 2.45) is 0 Å². The van der Waals surface area contributed by atoms with E-state index in [0.717, 1.165) is 25.9 Å². The summed E-state index contributed by atoms with van der Waals surface area (Å²) >= 11 is 0. The van der Waals surface area contributed by atoms with Gasteiger partial charge < -0.3 is 10.0 Å². The lowest BCUT2D eigenvalue weighted by Crippen LogP contribution is -2.31. The summed E-state index contributed by atoms with van der Waals surface area (Å²) in [6.07, 6.45) is 3.77. The molecule has 0 spiro atoms. The molecule has 1 fully saturated rings. The molecule has 1 N–H and O–H groups in total. The average molecular weight is 298 g/mol. The van der Waals surface area contributed by atoms with Crippen LogP contribution in [0.2, 0.25) is 0 Å². The molecule has 1 heterocycles. The van der Waals surface area contributed by atoms with Gasteiger partial charge in [-0.15, -0.1) is 12.4 Å². The highest BCUT2D eigenvalue weighted by Gasteiger charge is 2.19. The van der Waals surface area contributed by atoms with Gasteiger partial charge in [0.2, 0.25) is 0 Å². The number of halogens is 1. The second-order valence-electron chi connectivity index (χ2n) is 4.86. The van der Waals surface area contributed by atoms with Crippen LogP contribution in [-0.2, 0) is 0 Å². The van der Waals surface area contributed by atoms with Crippen molar-refractivity contribution in [3.8, 4) is 0 Å². The quantitative estimate of drug-likeness (QED) is 0.866. The molecule has 0 saturated carbocycles. The summed E-state index contributed by atoms with van der Waals surface area (Å²) < 4.78 is 0. The summed E-state index contributed by atoms with van der Waals surface area (Å²) in [5.74, 6) is -0.883. The van der Waals surface area contributed by atoms with Gasteiger partial charge in [0.15, 0.2) is 5.78 Å². The Hall–Kier alpha value is -1.55. The minimum Gasteiger partial charge on any atom is -0.478 e. The van der Waals surface area contributed by atoms with Gasteiger partial charge in [-0.2, -0.15) is 0 Å². The molecule has 2 rings (SSSR count). The Labute approximate surface area is 125 Å². The van der Waals surface area contributed by atoms with Gasteiger partial charge in [-0.1, -0.05) is 13.0 Å². The number of carboxylic acids is 1. The topological polar surface area (TPSA) is 57.6 Å². The first-order chi connectivity index (χ1) is 9.13. The van der Waals surface area contributed by atoms with Crippen molar-refractivity contribution in [2.45, 2.75) is 32.6 Å². The normalized spacial score (nSPS) is 14.6. The number of benzene rings is 1. The number of hydrogen-bond donors (Lipinski definition) is 1. The van der Waals surface area contributed by atoms with Crippen LogP contribution in [0, 0.1) is 0 Å². The van der Waals surface area contributed by atoms with Crippen LogP contribution in [0.3, 0.4) is 0 Å². The van der Waals surface area contributed by atoms with Gasteiger partial charge in [0.1, 0.15) is 0 Å². The lowest BCUT2D eigenvalue weighted by Gasteiger charge is -2.30. The van der Waals surface area contributed by atoms with Gasteiger partial charge in [-0.05, 0) is 31.4 Å². The smallest absolute Gasteiger partial charge is 0.337 e. The Morgan fingerprint density at radius 1 is 1.20 bits per heavy atom. The van der Waals surface area contributed by atoms with Gasteiger partial charge in [-0.3, -0.25) is 4.79 Å². The van der Waals surface area contributed by atoms with E-state index < -0.39 is 5.97 Å². The number of rotatable bonds is 4. The van der Waals surface area contributed by atoms with E-state index in [1.807, 2.05) is 6.92 Å². The second kappa shape index (κ2) is 7.29. The summed E-state index contributed by atoms with van der Waals surface area (Å²) in [4.78, 5) is 25.1. The number of aromatic carboxylic acids is 1. The third-order valence-electron chi connectivity index (χ3n) is 3.57. The Morgan fingerprint density at radius 2 is 1.85 bits per heavy atom. The zero-order chi connectivity index (χ0) is 13.8. The molecule has 0 aromatic heterocycles. The zero-order valence-corrected chi connectivity index (χ0v) is 12.4. The number of Topliss-reactive ketones (excluding diaryl/α,β-unsaturated/α-hetero) is 1. The van der Waals surface area contributed by atoms with E-state index in [4.69, 9.17) is 0 Å². The minimum absolute atomic E-state index is 0. The average Bonchev–Trinajstić information content (AvgIpc) is 2.46. The first kappa shape index (κ1) is 16.5. The molecule has 1 aromatic carbocycles. The monoisotopic (exact) mass is 297 g/mol. The fourth-order valence-electron chi connectivity index (χ4n) is 2.49. The molecule has 1 aliphatic rings. The number of nitrogens with zero attached hydrogens (tertiary/aromatic N) is 1. The van der Waals surface area contributed by atoms with Gasteiger partial charge in [0, 0.05) is 25.1 Å². The van der Waals surface area contributed by atoms with Crippen LogP contribution in [0.15, 0.2) is 18.2 Å². The minimum atomic E-state index is -0.934. The van der Waals surface area contributed by atoms with Crippen molar-refractivity contribution in [2.75, 3.05) is 18.0 Å². The van der Waals surface area contributed by atoms with Crippen LogP contribution in [0.4, 0.5) is 5.69 Å². The second-order valence-corrected chi connectivity index (χ2v) is 4.86. The summed E-state index contributed by atoms with van der Waals surface area (Å²) in [7, 11) is 0. The highest BCUT2D eigenvalue weighted by Crippen LogP contribution is 2.26. The largest absolute Gasteiger partial charge is 0.478 e. The fourth-order valence-corrected chi connectivity index (χ4v) is 2.49. The van der Waals surface area contributed by atoms with Gasteiger partial charge in [0.25, 0.3) is 0 Å². The van der Waals surface area contributed by atoms with Crippen LogP contribution < -0.4 is 4.90 Å². The van der Waals surface area contributed by atoms with E-state index in [0.29, 0.717) is 17.7 Å². The van der Waals surface area contributed by atoms with Crippen molar-refractivity contribution in [1.82, 2.24) is 0 Å². The number of piperidine rings is 1. The van der Waals surface area contributed by atoms with Crippen molar-refractivity contribution in [3.05, 3.63) is 29.3 Å². The maximum absolute atomic E-state index is 11.8. The predicted octanol–water partition coefficient (Wildman–Crippen LogP) is 3.39. The van der Waals surface area contributed by atoms with Crippen LogP contribution in [0.5, 0.6) is 0 Å². The number of ketones is 1. The third kappa shape index (κ3) is 3.51. The van der Waals surface area contributed by atoms with E-state index in [1.54, 1.807) is 18.2 Å². The molecular formula is C15H20ClNO3. The Bertz CT molecular complexity index is 496. The number of carbonyl (C=O) groups is 2. The van der Waals surface area contributed by atoms with Crippen molar-refractivity contribution in [1.29, 1.82) is 0 Å². The van der Waals surface area contributed by atoms with Crippen LogP contribution in [0.25, 0.3) is 0 Å². The number of carbonyl (C=O) groups excluding carboxylic acids is 1. The molecule has 0 radical (unpaired) electrons. The van der Waals surface area contributed by atoms with Crippen molar-refractivity contribution >= 4 is 29.8 Å². The van der Waals surface area contributed by atoms with E-state index in [-0.39, 0.29) is 23.8 Å². The molecule has 0 unspecified atom stereocenters. The molecule has 1 aromatic rings. The van der Waals surface area contributed by atoms with E-state index >= 15 is 0 Å². The molecule has 0 amide bonds. The molecule has 1 aliphatic heterocycles. The third-order valence-corrected chi connectivity index (χ3v) is 3.57. The summed E-state index contributed by atoms with van der Waals surface area (Å²) in [5.41, 5.74) is 1.58. The van der Waals surface area contributed by atoms with E-state index in [2.05, 4.69) is 4.90 Å². The van der Waals surface area contributed by atoms with Crippen LogP contribution in [0.1, 0.15) is 53.3 Å². The Kier molecular flexibility index (Phi) is 6.02. The zero-order valence-electron chi connectivity index (χ0n) is 11.6. The lowest BCUT2D eigenvalue weighted by molar-refractivity contribution is 0.0697. The van der Waals surface area contributed by atoms with Gasteiger partial charge >= 0.3 is 5.97 Å². The molecule has 4 nitrogen and oxygen atoms in total. The summed E-state index contributed by atoms with van der Waals surface area (Å²) in [6, 6.07) is 4.90. The van der Waals surface area contributed by atoms with Gasteiger partial charge in [0.05, 0.1) is 11.3 Å². The van der Waals surface area contributed by atoms with E-state index in [9.17, 15) is 14.7 Å². The lowest BCUT2D eigenvalue weighted by atomic mass is 10.0. The van der Waals surface area contributed by atoms with Crippen LogP contribution >= 0.6 is 12.4 Å². The van der Waals surface area contributed by atoms with E-state index in [1.165, 1.54) is 6.42 Å². The van der Waals surface area contributed by atoms with Crippen molar-refractivity contribution < 1.29 is 14.7 Å². The van der Waals surface area contributed by atoms with Crippen molar-refractivity contribution in [3.63, 3.8) is 0 Å². The maximum atomic E-state index is 11.8. The Morgan fingerprint density at radius 3 is 2.40 bits per heavy atom. The molecule has 1 saturated heterocycles. The predicted molar refractivity (Wildman–Crippen MR) is 81.3 cm³/mol. The molecule has 0 aliphatic carbocycles. The number of hydrogen-bond acceptors (Lipinski definition) is 3. The number of anilines is 1. The first-order valence-electron chi connectivity index (χ1n) is 6.79. The van der Waals surface area contributed by atoms with Crippen LogP contribution in [-0.4, -0.2) is 29.9 Å². The SMILES string of the molecule is CCC(=O)c1ccc(C(=O)O)c(N2CCCCC2)c1.Cl. The standard InChI is InChI=1S/C15H19NO3.ClH/c1-2-14(17)11-6-7-12(15(18)19)13(10-11)16-8-4-3-5-9-16;/h6-7,10H,2-5,8-9H2,1H3,(H,18,19);1H. The maximum Gasteiger partial charge on any atom is 0.337 e. The first-order valence-corrected chi connectivity index (χ1v) is 6.79. The highest BCUT2D eigenvalue weighted by molar-refractivity contribution is 6.00. The molecular weight excluding hydrogens is 278 g/mol. The van der Waals surface area contributed by atoms with Gasteiger partial charge in [-0.25, -0.2) is 4.79 Å². The molecule has 0 atom stereocenters. The molecule has 20 heavy (non-hydrogen) atoms. The summed E-state index contributed by atoms with van der Waals surface area (Å²) in [5, 5.41) is 9.27. The molecule has 5 heteroatoms. The molecule has 110 valence electrons. The highest BCUT2D eigenvalue weighted by atomic mass is 35.5. The molecule has 0 bridgehead atoms. The fraction of sp³-hybridized carbons (Fsp3) is 0.467. The number of carboxylic acid groups (broad SMARTS) is 1. The Balaban J connectivity index is 0.00000200. The summed E-state index contributed by atoms with van der Waals surface area (Å²) in [6.45, 7) is 3.54.